The number of fused-ring (bicyclic) bond motifs is 3. The number of benzene rings is 2. The summed E-state index contributed by atoms with van der Waals surface area (Å²) in [6, 6.07) is 20.1. The van der Waals surface area contributed by atoms with Gasteiger partial charge in [0.25, 0.3) is 5.91 Å². The molecule has 4 nitrogen and oxygen atoms in total. The fourth-order valence-corrected chi connectivity index (χ4v) is 3.89. The topological polar surface area (TPSA) is 49.0 Å². The molecule has 3 heterocycles. The zero-order chi connectivity index (χ0) is 18.2. The van der Waals surface area contributed by atoms with Crippen molar-refractivity contribution in [3.63, 3.8) is 0 Å². The van der Waals surface area contributed by atoms with E-state index in [1.165, 1.54) is 10.9 Å². The van der Waals surface area contributed by atoms with E-state index in [0.29, 0.717) is 6.54 Å². The van der Waals surface area contributed by atoms with Crippen molar-refractivity contribution in [2.24, 2.45) is 0 Å². The number of amides is 1. The largest absolute Gasteiger partial charge is 0.357 e. The van der Waals surface area contributed by atoms with Crippen molar-refractivity contribution < 1.29 is 4.79 Å². The van der Waals surface area contributed by atoms with Crippen LogP contribution >= 0.6 is 0 Å². The number of carbonyl (C=O) groups excluding carboxylic acids is 1. The quantitative estimate of drug-likeness (QED) is 0.580. The molecule has 1 amide bonds. The van der Waals surface area contributed by atoms with E-state index in [-0.39, 0.29) is 5.91 Å². The third-order valence-electron chi connectivity index (χ3n) is 5.30. The molecule has 0 saturated carbocycles. The molecule has 5 rings (SSSR count). The van der Waals surface area contributed by atoms with Crippen molar-refractivity contribution in [1.29, 1.82) is 0 Å². The molecule has 4 aromatic rings. The average molecular weight is 353 g/mol. The lowest BCUT2D eigenvalue weighted by Gasteiger charge is -2.27. The van der Waals surface area contributed by atoms with Crippen LogP contribution in [0.2, 0.25) is 0 Å². The molecule has 2 aromatic carbocycles. The van der Waals surface area contributed by atoms with E-state index in [1.807, 2.05) is 53.6 Å². The van der Waals surface area contributed by atoms with Crippen molar-refractivity contribution in [1.82, 2.24) is 14.9 Å². The second-order valence-corrected chi connectivity index (χ2v) is 6.92. The van der Waals surface area contributed by atoms with Gasteiger partial charge < -0.3 is 9.88 Å². The van der Waals surface area contributed by atoms with Gasteiger partial charge in [-0.2, -0.15) is 0 Å². The zero-order valence-corrected chi connectivity index (χ0v) is 14.9. The summed E-state index contributed by atoms with van der Waals surface area (Å²) < 4.78 is 0. The number of aromatic amines is 1. The van der Waals surface area contributed by atoms with Crippen LogP contribution in [0.5, 0.6) is 0 Å². The molecular weight excluding hydrogens is 334 g/mol. The van der Waals surface area contributed by atoms with Crippen LogP contribution in [0.25, 0.3) is 22.0 Å². The number of pyridine rings is 1. The van der Waals surface area contributed by atoms with Crippen LogP contribution in [0.15, 0.2) is 73.1 Å². The Morgan fingerprint density at radius 1 is 0.963 bits per heavy atom. The molecule has 132 valence electrons. The second-order valence-electron chi connectivity index (χ2n) is 6.92. The fourth-order valence-electron chi connectivity index (χ4n) is 3.89. The molecule has 2 aromatic heterocycles. The number of nitrogens with zero attached hydrogens (tertiary/aromatic N) is 2. The zero-order valence-electron chi connectivity index (χ0n) is 14.9. The predicted molar refractivity (Wildman–Crippen MR) is 106 cm³/mol. The number of nitrogens with one attached hydrogen (secondary N) is 1. The normalized spacial score (nSPS) is 13.6. The molecule has 0 spiro atoms. The standard InChI is InChI=1S/C23H19N3O/c27-23(17-9-7-16(8-10-17)18-4-3-12-24-14-18)26-13-11-20-19-5-1-2-6-21(19)25-22(20)15-26/h1-10,12,14,25H,11,13,15H2. The molecule has 0 atom stereocenters. The van der Waals surface area contributed by atoms with E-state index in [0.717, 1.165) is 40.9 Å². The van der Waals surface area contributed by atoms with E-state index >= 15 is 0 Å². The molecule has 0 unspecified atom stereocenters. The molecular formula is C23H19N3O. The summed E-state index contributed by atoms with van der Waals surface area (Å²) >= 11 is 0. The highest BCUT2D eigenvalue weighted by Gasteiger charge is 2.24. The van der Waals surface area contributed by atoms with E-state index in [4.69, 9.17) is 0 Å². The van der Waals surface area contributed by atoms with Gasteiger partial charge in [0, 0.05) is 41.1 Å². The SMILES string of the molecule is O=C(c1ccc(-c2cccnc2)cc1)N1CCc2c([nH]c3ccccc23)C1. The minimum Gasteiger partial charge on any atom is -0.357 e. The lowest BCUT2D eigenvalue weighted by Crippen LogP contribution is -2.35. The van der Waals surface area contributed by atoms with E-state index in [9.17, 15) is 4.79 Å². The van der Waals surface area contributed by atoms with Crippen molar-refractivity contribution >= 4 is 16.8 Å². The molecule has 0 radical (unpaired) electrons. The third-order valence-corrected chi connectivity index (χ3v) is 5.30. The van der Waals surface area contributed by atoms with Gasteiger partial charge in [0.2, 0.25) is 0 Å². The Morgan fingerprint density at radius 3 is 2.63 bits per heavy atom. The second kappa shape index (κ2) is 6.40. The maximum Gasteiger partial charge on any atom is 0.254 e. The predicted octanol–water partition coefficient (Wildman–Crippen LogP) is 4.43. The number of H-pyrrole nitrogens is 1. The smallest absolute Gasteiger partial charge is 0.254 e. The van der Waals surface area contributed by atoms with Gasteiger partial charge in [-0.1, -0.05) is 36.4 Å². The Morgan fingerprint density at radius 2 is 1.81 bits per heavy atom. The van der Waals surface area contributed by atoms with Crippen LogP contribution in [-0.4, -0.2) is 27.3 Å². The Bertz CT molecular complexity index is 1110. The maximum atomic E-state index is 13.0. The Labute approximate surface area is 157 Å². The first-order chi connectivity index (χ1) is 13.3. The number of carbonyl (C=O) groups is 1. The molecule has 4 heteroatoms. The molecule has 1 aliphatic rings. The van der Waals surface area contributed by atoms with E-state index < -0.39 is 0 Å². The first-order valence-electron chi connectivity index (χ1n) is 9.18. The van der Waals surface area contributed by atoms with Crippen molar-refractivity contribution in [3.8, 4) is 11.1 Å². The summed E-state index contributed by atoms with van der Waals surface area (Å²) in [6.07, 6.45) is 4.48. The van der Waals surface area contributed by atoms with Crippen molar-refractivity contribution in [2.75, 3.05) is 6.54 Å². The van der Waals surface area contributed by atoms with Crippen LogP contribution in [-0.2, 0) is 13.0 Å². The number of aromatic nitrogens is 2. The van der Waals surface area contributed by atoms with Gasteiger partial charge in [-0.15, -0.1) is 0 Å². The monoisotopic (exact) mass is 353 g/mol. The van der Waals surface area contributed by atoms with Crippen molar-refractivity contribution in [2.45, 2.75) is 13.0 Å². The summed E-state index contributed by atoms with van der Waals surface area (Å²) in [7, 11) is 0. The summed E-state index contributed by atoms with van der Waals surface area (Å²) in [5.41, 5.74) is 6.50. The lowest BCUT2D eigenvalue weighted by atomic mass is 10.0. The van der Waals surface area contributed by atoms with Gasteiger partial charge in [-0.3, -0.25) is 9.78 Å². The Kier molecular flexibility index (Phi) is 3.75. The first-order valence-corrected chi connectivity index (χ1v) is 9.18. The van der Waals surface area contributed by atoms with Crippen LogP contribution in [0.1, 0.15) is 21.6 Å². The van der Waals surface area contributed by atoms with Crippen LogP contribution in [0, 0.1) is 0 Å². The van der Waals surface area contributed by atoms with Gasteiger partial charge in [0.1, 0.15) is 0 Å². The highest BCUT2D eigenvalue weighted by molar-refractivity contribution is 5.95. The van der Waals surface area contributed by atoms with E-state index in [1.54, 1.807) is 6.20 Å². The third kappa shape index (κ3) is 2.79. The molecule has 0 saturated heterocycles. The first kappa shape index (κ1) is 15.8. The lowest BCUT2D eigenvalue weighted by molar-refractivity contribution is 0.0733. The van der Waals surface area contributed by atoms with E-state index in [2.05, 4.69) is 28.2 Å². The maximum absolute atomic E-state index is 13.0. The summed E-state index contributed by atoms with van der Waals surface area (Å²) in [6.45, 7) is 1.38. The highest BCUT2D eigenvalue weighted by Crippen LogP contribution is 2.28. The van der Waals surface area contributed by atoms with Gasteiger partial charge in [0.05, 0.1) is 6.54 Å². The highest BCUT2D eigenvalue weighted by atomic mass is 16.2. The number of para-hydroxylation sites is 1. The summed E-state index contributed by atoms with van der Waals surface area (Å²) in [5.74, 6) is 0.0806. The average Bonchev–Trinajstić information content (AvgIpc) is 3.12. The number of rotatable bonds is 2. The Hall–Kier alpha value is -3.40. The number of hydrogen-bond donors (Lipinski definition) is 1. The summed E-state index contributed by atoms with van der Waals surface area (Å²) in [5, 5.41) is 1.28. The van der Waals surface area contributed by atoms with Gasteiger partial charge in [-0.05, 0) is 47.4 Å². The minimum atomic E-state index is 0.0806. The van der Waals surface area contributed by atoms with Crippen LogP contribution in [0.4, 0.5) is 0 Å². The van der Waals surface area contributed by atoms with Gasteiger partial charge in [0.15, 0.2) is 0 Å². The molecule has 1 aliphatic heterocycles. The number of hydrogen-bond acceptors (Lipinski definition) is 2. The van der Waals surface area contributed by atoms with Crippen molar-refractivity contribution in [3.05, 3.63) is 89.9 Å². The van der Waals surface area contributed by atoms with Crippen LogP contribution in [0.3, 0.4) is 0 Å². The summed E-state index contributed by atoms with van der Waals surface area (Å²) in [4.78, 5) is 22.5. The molecule has 0 aliphatic carbocycles. The van der Waals surface area contributed by atoms with Gasteiger partial charge in [-0.25, -0.2) is 0 Å². The molecule has 27 heavy (non-hydrogen) atoms. The molecule has 1 N–H and O–H groups in total. The molecule has 0 fully saturated rings. The molecule has 0 bridgehead atoms. The Balaban J connectivity index is 1.38. The van der Waals surface area contributed by atoms with Crippen LogP contribution < -0.4 is 0 Å². The minimum absolute atomic E-state index is 0.0806. The van der Waals surface area contributed by atoms with Gasteiger partial charge >= 0.3 is 0 Å². The fraction of sp³-hybridized carbons (Fsp3) is 0.130.